The first-order valence-electron chi connectivity index (χ1n) is 7.34. The number of rotatable bonds is 9. The average Bonchev–Trinajstić information content (AvgIpc) is 2.40. The quantitative estimate of drug-likeness (QED) is 0.734. The third-order valence-electron chi connectivity index (χ3n) is 3.32. The minimum atomic E-state index is -0.166. The highest BCUT2D eigenvalue weighted by molar-refractivity contribution is 5.19. The molecule has 0 fully saturated rings. The van der Waals surface area contributed by atoms with Crippen LogP contribution in [0.3, 0.4) is 0 Å². The van der Waals surface area contributed by atoms with Gasteiger partial charge in [-0.3, -0.25) is 0 Å². The van der Waals surface area contributed by atoms with E-state index in [9.17, 15) is 4.39 Å². The molecule has 0 heterocycles. The van der Waals surface area contributed by atoms with Gasteiger partial charge in [0.25, 0.3) is 0 Å². The molecular formula is C16H27FN2. The van der Waals surface area contributed by atoms with Gasteiger partial charge >= 0.3 is 0 Å². The molecule has 0 spiro atoms. The van der Waals surface area contributed by atoms with Crippen LogP contribution < -0.4 is 5.32 Å². The third-order valence-corrected chi connectivity index (χ3v) is 3.32. The average molecular weight is 266 g/mol. The van der Waals surface area contributed by atoms with Crippen molar-refractivity contribution in [2.75, 3.05) is 26.7 Å². The molecule has 0 aromatic heterocycles. The number of nitrogens with zero attached hydrogens (tertiary/aromatic N) is 1. The molecule has 0 bridgehead atoms. The highest BCUT2D eigenvalue weighted by Crippen LogP contribution is 2.17. The lowest BCUT2D eigenvalue weighted by Gasteiger charge is -2.23. The predicted octanol–water partition coefficient (Wildman–Crippen LogP) is 3.60. The third kappa shape index (κ3) is 6.17. The van der Waals surface area contributed by atoms with Gasteiger partial charge < -0.3 is 10.2 Å². The lowest BCUT2D eigenvalue weighted by atomic mass is 10.0. The molecule has 1 aromatic rings. The van der Waals surface area contributed by atoms with Gasteiger partial charge in [-0.05, 0) is 63.6 Å². The smallest absolute Gasteiger partial charge is 0.123 e. The maximum Gasteiger partial charge on any atom is 0.123 e. The molecule has 0 amide bonds. The van der Waals surface area contributed by atoms with Gasteiger partial charge in [-0.15, -0.1) is 0 Å². The second-order valence-electron chi connectivity index (χ2n) is 5.15. The lowest BCUT2D eigenvalue weighted by molar-refractivity contribution is 0.307. The van der Waals surface area contributed by atoms with Gasteiger partial charge in [0, 0.05) is 6.04 Å². The minimum absolute atomic E-state index is 0.166. The SMILES string of the molecule is CCCNC(CCN(C)CCC)c1ccc(F)cc1. The van der Waals surface area contributed by atoms with E-state index in [1.807, 2.05) is 12.1 Å². The Morgan fingerprint density at radius 3 is 2.37 bits per heavy atom. The zero-order chi connectivity index (χ0) is 14.1. The number of hydrogen-bond acceptors (Lipinski definition) is 2. The number of benzene rings is 1. The molecule has 0 aliphatic rings. The van der Waals surface area contributed by atoms with Crippen LogP contribution in [-0.2, 0) is 0 Å². The normalized spacial score (nSPS) is 12.9. The fourth-order valence-electron chi connectivity index (χ4n) is 2.24. The molecule has 3 heteroatoms. The molecule has 0 aliphatic carbocycles. The zero-order valence-corrected chi connectivity index (χ0v) is 12.5. The molecule has 0 radical (unpaired) electrons. The topological polar surface area (TPSA) is 15.3 Å². The van der Waals surface area contributed by atoms with E-state index in [-0.39, 0.29) is 5.82 Å². The Hall–Kier alpha value is -0.930. The number of nitrogens with one attached hydrogen (secondary N) is 1. The van der Waals surface area contributed by atoms with Crippen LogP contribution in [0, 0.1) is 5.82 Å². The first kappa shape index (κ1) is 16.1. The van der Waals surface area contributed by atoms with E-state index in [0.717, 1.165) is 32.5 Å². The highest BCUT2D eigenvalue weighted by atomic mass is 19.1. The molecule has 1 N–H and O–H groups in total. The zero-order valence-electron chi connectivity index (χ0n) is 12.5. The molecule has 2 nitrogen and oxygen atoms in total. The van der Waals surface area contributed by atoms with Gasteiger partial charge in [0.15, 0.2) is 0 Å². The van der Waals surface area contributed by atoms with Crippen LogP contribution in [-0.4, -0.2) is 31.6 Å². The summed E-state index contributed by atoms with van der Waals surface area (Å²) in [6.07, 6.45) is 3.35. The Labute approximate surface area is 117 Å². The van der Waals surface area contributed by atoms with Crippen molar-refractivity contribution >= 4 is 0 Å². The van der Waals surface area contributed by atoms with Crippen molar-refractivity contribution in [3.8, 4) is 0 Å². The Bertz CT molecular complexity index is 337. The molecule has 1 aromatic carbocycles. The second-order valence-corrected chi connectivity index (χ2v) is 5.15. The molecule has 108 valence electrons. The summed E-state index contributed by atoms with van der Waals surface area (Å²) in [5.74, 6) is -0.166. The first-order valence-corrected chi connectivity index (χ1v) is 7.34. The molecule has 0 saturated heterocycles. The summed E-state index contributed by atoms with van der Waals surface area (Å²) in [6.45, 7) is 7.55. The fourth-order valence-corrected chi connectivity index (χ4v) is 2.24. The van der Waals surface area contributed by atoms with Crippen molar-refractivity contribution in [3.63, 3.8) is 0 Å². The van der Waals surface area contributed by atoms with Gasteiger partial charge in [-0.25, -0.2) is 4.39 Å². The van der Waals surface area contributed by atoms with E-state index in [1.165, 1.54) is 12.0 Å². The summed E-state index contributed by atoms with van der Waals surface area (Å²) in [4.78, 5) is 2.35. The van der Waals surface area contributed by atoms with Crippen LogP contribution in [0.25, 0.3) is 0 Å². The van der Waals surface area contributed by atoms with E-state index < -0.39 is 0 Å². The second kappa shape index (κ2) is 9.05. The Kier molecular flexibility index (Phi) is 7.68. The molecule has 1 unspecified atom stereocenters. The number of halogens is 1. The van der Waals surface area contributed by atoms with Gasteiger partial charge in [0.05, 0.1) is 0 Å². The minimum Gasteiger partial charge on any atom is -0.310 e. The van der Waals surface area contributed by atoms with E-state index in [2.05, 4.69) is 31.1 Å². The van der Waals surface area contributed by atoms with Crippen molar-refractivity contribution in [2.24, 2.45) is 0 Å². The maximum atomic E-state index is 13.0. The van der Waals surface area contributed by atoms with E-state index in [1.54, 1.807) is 12.1 Å². The van der Waals surface area contributed by atoms with Crippen LogP contribution >= 0.6 is 0 Å². The summed E-state index contributed by atoms with van der Waals surface area (Å²) < 4.78 is 13.0. The summed E-state index contributed by atoms with van der Waals surface area (Å²) in [6, 6.07) is 7.20. The molecule has 0 saturated carbocycles. The van der Waals surface area contributed by atoms with Crippen LogP contribution in [0.2, 0.25) is 0 Å². The number of hydrogen-bond donors (Lipinski definition) is 1. The summed E-state index contributed by atoms with van der Waals surface area (Å²) >= 11 is 0. The van der Waals surface area contributed by atoms with Crippen LogP contribution in [0.1, 0.15) is 44.7 Å². The molecule has 0 aliphatic heterocycles. The standard InChI is InChI=1S/C16H27FN2/c1-4-11-18-16(10-13-19(3)12-5-2)14-6-8-15(17)9-7-14/h6-9,16,18H,4-5,10-13H2,1-3H3. The first-order chi connectivity index (χ1) is 9.17. The Balaban J connectivity index is 2.58. The Morgan fingerprint density at radius 1 is 1.11 bits per heavy atom. The van der Waals surface area contributed by atoms with Crippen molar-refractivity contribution in [2.45, 2.75) is 39.2 Å². The van der Waals surface area contributed by atoms with Crippen LogP contribution in [0.5, 0.6) is 0 Å². The van der Waals surface area contributed by atoms with Gasteiger partial charge in [0.2, 0.25) is 0 Å². The fraction of sp³-hybridized carbons (Fsp3) is 0.625. The lowest BCUT2D eigenvalue weighted by Crippen LogP contribution is -2.28. The van der Waals surface area contributed by atoms with Crippen LogP contribution in [0.4, 0.5) is 4.39 Å². The van der Waals surface area contributed by atoms with E-state index in [0.29, 0.717) is 6.04 Å². The van der Waals surface area contributed by atoms with Gasteiger partial charge in [-0.1, -0.05) is 26.0 Å². The largest absolute Gasteiger partial charge is 0.310 e. The van der Waals surface area contributed by atoms with Crippen molar-refractivity contribution in [1.29, 1.82) is 0 Å². The van der Waals surface area contributed by atoms with E-state index in [4.69, 9.17) is 0 Å². The molecule has 1 atom stereocenters. The summed E-state index contributed by atoms with van der Waals surface area (Å²) in [5, 5.41) is 3.55. The van der Waals surface area contributed by atoms with Crippen LogP contribution in [0.15, 0.2) is 24.3 Å². The maximum absolute atomic E-state index is 13.0. The van der Waals surface area contributed by atoms with Crippen molar-refractivity contribution in [3.05, 3.63) is 35.6 Å². The van der Waals surface area contributed by atoms with Gasteiger partial charge in [-0.2, -0.15) is 0 Å². The van der Waals surface area contributed by atoms with Gasteiger partial charge in [0.1, 0.15) is 5.82 Å². The molecular weight excluding hydrogens is 239 g/mol. The molecule has 1 rings (SSSR count). The monoisotopic (exact) mass is 266 g/mol. The highest BCUT2D eigenvalue weighted by Gasteiger charge is 2.11. The molecule has 19 heavy (non-hydrogen) atoms. The van der Waals surface area contributed by atoms with Crippen molar-refractivity contribution in [1.82, 2.24) is 10.2 Å². The predicted molar refractivity (Wildman–Crippen MR) is 79.8 cm³/mol. The van der Waals surface area contributed by atoms with E-state index >= 15 is 0 Å². The summed E-state index contributed by atoms with van der Waals surface area (Å²) in [7, 11) is 2.16. The Morgan fingerprint density at radius 2 is 1.79 bits per heavy atom. The summed E-state index contributed by atoms with van der Waals surface area (Å²) in [5.41, 5.74) is 1.18. The van der Waals surface area contributed by atoms with Crippen molar-refractivity contribution < 1.29 is 4.39 Å².